The number of alkyl halides is 3. The van der Waals surface area contributed by atoms with E-state index >= 15 is 0 Å². The summed E-state index contributed by atoms with van der Waals surface area (Å²) in [5, 5.41) is 15.2. The Labute approximate surface area is 249 Å². The summed E-state index contributed by atoms with van der Waals surface area (Å²) in [5.41, 5.74) is -1.29. The molecule has 0 spiro atoms. The Morgan fingerprint density at radius 1 is 1.18 bits per heavy atom. The van der Waals surface area contributed by atoms with Gasteiger partial charge < -0.3 is 24.0 Å². The van der Waals surface area contributed by atoms with Crippen LogP contribution in [0.25, 0.3) is 17.5 Å². The third kappa shape index (κ3) is 8.55. The van der Waals surface area contributed by atoms with E-state index in [4.69, 9.17) is 14.0 Å². The molecule has 0 aliphatic carbocycles. The molecule has 2 aromatic carbocycles. The first kappa shape index (κ1) is 32.0. The van der Waals surface area contributed by atoms with Crippen molar-refractivity contribution < 1.29 is 46.3 Å². The smallest absolute Gasteiger partial charge is 0.437 e. The van der Waals surface area contributed by atoms with Gasteiger partial charge in [0.2, 0.25) is 17.7 Å². The van der Waals surface area contributed by atoms with Crippen LogP contribution in [0.2, 0.25) is 0 Å². The monoisotopic (exact) mass is 619 g/mol. The van der Waals surface area contributed by atoms with E-state index in [0.29, 0.717) is 18.4 Å². The number of aromatic nitrogens is 2. The summed E-state index contributed by atoms with van der Waals surface area (Å²) in [6.45, 7) is 4.96. The molecule has 1 aromatic heterocycles. The lowest BCUT2D eigenvalue weighted by molar-refractivity contribution is -0.138. The van der Waals surface area contributed by atoms with E-state index < -0.39 is 47.1 Å². The number of hydrogen-bond acceptors (Lipinski definition) is 7. The molecule has 15 heteroatoms. The van der Waals surface area contributed by atoms with E-state index in [-0.39, 0.29) is 36.4 Å². The second-order valence-corrected chi connectivity index (χ2v) is 10.6. The summed E-state index contributed by atoms with van der Waals surface area (Å²) in [6, 6.07) is 8.16. The van der Waals surface area contributed by atoms with Gasteiger partial charge in [0.25, 0.3) is 0 Å². The Morgan fingerprint density at radius 2 is 1.91 bits per heavy atom. The Hall–Kier alpha value is -4.95. The summed E-state index contributed by atoms with van der Waals surface area (Å²) in [6.07, 6.45) is -3.23. The minimum atomic E-state index is -4.77. The fourth-order valence-electron chi connectivity index (χ4n) is 4.31. The summed E-state index contributed by atoms with van der Waals surface area (Å²) >= 11 is 0. The normalized spacial score (nSPS) is 15.9. The number of halogens is 4. The molecule has 0 bridgehead atoms. The third-order valence-electron chi connectivity index (χ3n) is 6.12. The summed E-state index contributed by atoms with van der Waals surface area (Å²) < 4.78 is 70.8. The van der Waals surface area contributed by atoms with Gasteiger partial charge in [-0.15, -0.1) is 4.99 Å². The molecule has 1 aliphatic rings. The van der Waals surface area contributed by atoms with Gasteiger partial charge in [0.1, 0.15) is 29.8 Å². The minimum absolute atomic E-state index is 0.00242. The van der Waals surface area contributed by atoms with Gasteiger partial charge in [-0.1, -0.05) is 23.4 Å². The molecule has 1 unspecified atom stereocenters. The molecule has 1 atom stereocenters. The molecule has 4 rings (SSSR count). The Kier molecular flexibility index (Phi) is 9.55. The first-order valence-electron chi connectivity index (χ1n) is 13.4. The summed E-state index contributed by atoms with van der Waals surface area (Å²) in [4.78, 5) is 33.2. The Morgan fingerprint density at radius 3 is 2.57 bits per heavy atom. The molecule has 11 nitrogen and oxygen atoms in total. The van der Waals surface area contributed by atoms with Crippen molar-refractivity contribution in [2.24, 2.45) is 4.99 Å². The Bertz CT molecular complexity index is 1550. The number of amides is 2. The van der Waals surface area contributed by atoms with Crippen LogP contribution in [0.5, 0.6) is 5.75 Å². The second kappa shape index (κ2) is 13.1. The number of aliphatic imine (C=N–C) groups is 1. The molecule has 3 aromatic rings. The standard InChI is InChI=1S/C29H29F4N5O6/c1-28(2,3)43-27(41)36-25(35-26(39)40)38-14-4-7-21(38)24-34-23(37-44-24)18-10-13-22(20(16-18)29(31,32)33)42-15-5-6-17-8-11-19(30)12-9-17/h5-6,8-13,16,21H,4,7,14-15H2,1-3H3,(H,39,40)(H,35,36,41)/b6-5+. The first-order chi connectivity index (χ1) is 20.7. The number of carbonyl (C=O) groups is 2. The van der Waals surface area contributed by atoms with Crippen LogP contribution >= 0.6 is 0 Å². The number of nitrogens with zero attached hydrogens (tertiary/aromatic N) is 4. The average molecular weight is 620 g/mol. The van der Waals surface area contributed by atoms with Crippen LogP contribution in [0.4, 0.5) is 27.2 Å². The molecular formula is C29H29F4N5O6. The fourth-order valence-corrected chi connectivity index (χ4v) is 4.31. The average Bonchev–Trinajstić information content (AvgIpc) is 3.60. The number of guanidine groups is 1. The second-order valence-electron chi connectivity index (χ2n) is 10.6. The predicted molar refractivity (Wildman–Crippen MR) is 149 cm³/mol. The van der Waals surface area contributed by atoms with Gasteiger partial charge in [-0.2, -0.15) is 18.2 Å². The zero-order valence-corrected chi connectivity index (χ0v) is 23.9. The van der Waals surface area contributed by atoms with Crippen molar-refractivity contribution in [3.05, 3.63) is 71.4 Å². The van der Waals surface area contributed by atoms with Crippen molar-refractivity contribution in [1.82, 2.24) is 20.4 Å². The number of carbonyl (C=O) groups excluding carboxylic acids is 1. The lowest BCUT2D eigenvalue weighted by Crippen LogP contribution is -2.44. The highest BCUT2D eigenvalue weighted by atomic mass is 19.4. The molecule has 2 amide bonds. The van der Waals surface area contributed by atoms with Crippen LogP contribution in [0.15, 0.2) is 58.1 Å². The van der Waals surface area contributed by atoms with Gasteiger partial charge in [0.05, 0.1) is 5.56 Å². The van der Waals surface area contributed by atoms with Crippen LogP contribution in [-0.2, 0) is 10.9 Å². The topological polar surface area (TPSA) is 139 Å². The van der Waals surface area contributed by atoms with Crippen LogP contribution < -0.4 is 10.1 Å². The molecule has 2 N–H and O–H groups in total. The predicted octanol–water partition coefficient (Wildman–Crippen LogP) is 6.68. The maximum absolute atomic E-state index is 13.9. The van der Waals surface area contributed by atoms with Crippen molar-refractivity contribution in [3.8, 4) is 17.1 Å². The van der Waals surface area contributed by atoms with Crippen LogP contribution in [0.3, 0.4) is 0 Å². The van der Waals surface area contributed by atoms with Gasteiger partial charge in [-0.3, -0.25) is 5.32 Å². The molecule has 234 valence electrons. The number of rotatable bonds is 6. The number of nitrogens with one attached hydrogen (secondary N) is 1. The molecule has 2 heterocycles. The lowest BCUT2D eigenvalue weighted by atomic mass is 10.1. The zero-order chi connectivity index (χ0) is 32.1. The molecule has 1 saturated heterocycles. The first-order valence-corrected chi connectivity index (χ1v) is 13.4. The molecule has 0 saturated carbocycles. The van der Waals surface area contributed by atoms with E-state index in [1.54, 1.807) is 26.8 Å². The van der Waals surface area contributed by atoms with E-state index in [1.807, 2.05) is 0 Å². The van der Waals surface area contributed by atoms with Crippen molar-refractivity contribution in [2.75, 3.05) is 13.2 Å². The van der Waals surface area contributed by atoms with E-state index in [0.717, 1.165) is 12.1 Å². The summed E-state index contributed by atoms with van der Waals surface area (Å²) in [7, 11) is 0. The molecule has 0 radical (unpaired) electrons. The third-order valence-corrected chi connectivity index (χ3v) is 6.12. The molecule has 1 aliphatic heterocycles. The van der Waals surface area contributed by atoms with Gasteiger partial charge in [0.15, 0.2) is 0 Å². The van der Waals surface area contributed by atoms with Crippen LogP contribution in [0.1, 0.15) is 56.7 Å². The highest BCUT2D eigenvalue weighted by Gasteiger charge is 2.37. The van der Waals surface area contributed by atoms with Crippen LogP contribution in [0, 0.1) is 5.82 Å². The Balaban J connectivity index is 1.54. The van der Waals surface area contributed by atoms with E-state index in [1.165, 1.54) is 41.3 Å². The highest BCUT2D eigenvalue weighted by molar-refractivity contribution is 5.98. The molecule has 1 fully saturated rings. The molecular weight excluding hydrogens is 590 g/mol. The lowest BCUT2D eigenvalue weighted by Gasteiger charge is -2.25. The van der Waals surface area contributed by atoms with Gasteiger partial charge in [-0.25, -0.2) is 14.0 Å². The van der Waals surface area contributed by atoms with Crippen LogP contribution in [-0.4, -0.2) is 57.0 Å². The van der Waals surface area contributed by atoms with Gasteiger partial charge >= 0.3 is 18.4 Å². The van der Waals surface area contributed by atoms with Crippen molar-refractivity contribution in [2.45, 2.75) is 51.4 Å². The van der Waals surface area contributed by atoms with Gasteiger partial charge in [0, 0.05) is 12.1 Å². The highest BCUT2D eigenvalue weighted by Crippen LogP contribution is 2.39. The largest absolute Gasteiger partial charge is 0.489 e. The zero-order valence-electron chi connectivity index (χ0n) is 23.9. The number of benzene rings is 2. The maximum Gasteiger partial charge on any atom is 0.437 e. The number of carboxylic acid groups (broad SMARTS) is 1. The summed E-state index contributed by atoms with van der Waals surface area (Å²) in [5.74, 6) is -1.30. The number of hydrogen-bond donors (Lipinski definition) is 2. The maximum atomic E-state index is 13.9. The number of likely N-dealkylation sites (tertiary alicyclic amines) is 1. The van der Waals surface area contributed by atoms with E-state index in [9.17, 15) is 32.3 Å². The minimum Gasteiger partial charge on any atom is -0.489 e. The van der Waals surface area contributed by atoms with Gasteiger partial charge in [-0.05, 0) is 75.6 Å². The quantitative estimate of drug-likeness (QED) is 0.176. The fraction of sp³-hybridized carbons (Fsp3) is 0.345. The number of ether oxygens (including phenoxy) is 2. The SMILES string of the molecule is CC(C)(C)OC(=O)N=C(NC(=O)O)N1CCCC1c1nc(-c2ccc(OC/C=C/c3ccc(F)cc3)c(C(F)(F)F)c2)no1. The van der Waals surface area contributed by atoms with Crippen molar-refractivity contribution >= 4 is 24.2 Å². The van der Waals surface area contributed by atoms with E-state index in [2.05, 4.69) is 20.4 Å². The molecule has 44 heavy (non-hydrogen) atoms. The van der Waals surface area contributed by atoms with Crippen molar-refractivity contribution in [1.29, 1.82) is 0 Å². The van der Waals surface area contributed by atoms with Crippen molar-refractivity contribution in [3.63, 3.8) is 0 Å².